The Kier molecular flexibility index (Phi) is 3.84. The first-order valence-electron chi connectivity index (χ1n) is 5.08. The summed E-state index contributed by atoms with van der Waals surface area (Å²) in [7, 11) is -3.78. The van der Waals surface area contributed by atoms with Crippen LogP contribution in [0.5, 0.6) is 0 Å². The van der Waals surface area contributed by atoms with Gasteiger partial charge >= 0.3 is 0 Å². The third-order valence-corrected chi connectivity index (χ3v) is 4.44. The first kappa shape index (κ1) is 13.9. The molecule has 0 spiro atoms. The standard InChI is InChI=1S/C11H9Cl2N3O2S/c12-8-2-1-3-9(11(8)13)16-19(17,18)7-4-5-10(14)15-6-7/h1-6,16H,(H2,14,15). The van der Waals surface area contributed by atoms with Crippen LogP contribution in [0.3, 0.4) is 0 Å². The summed E-state index contributed by atoms with van der Waals surface area (Å²) >= 11 is 11.7. The van der Waals surface area contributed by atoms with E-state index in [0.717, 1.165) is 6.20 Å². The number of anilines is 2. The molecule has 0 atom stereocenters. The highest BCUT2D eigenvalue weighted by Crippen LogP contribution is 2.31. The number of nitrogens with zero attached hydrogens (tertiary/aromatic N) is 1. The maximum absolute atomic E-state index is 12.1. The Labute approximate surface area is 120 Å². The molecular formula is C11H9Cl2N3O2S. The molecule has 2 rings (SSSR count). The number of benzene rings is 1. The quantitative estimate of drug-likeness (QED) is 0.911. The van der Waals surface area contributed by atoms with E-state index in [-0.39, 0.29) is 26.4 Å². The van der Waals surface area contributed by atoms with Crippen LogP contribution in [0.1, 0.15) is 0 Å². The van der Waals surface area contributed by atoms with Crippen molar-refractivity contribution in [2.75, 3.05) is 10.5 Å². The van der Waals surface area contributed by atoms with Crippen molar-refractivity contribution in [3.8, 4) is 0 Å². The fraction of sp³-hybridized carbons (Fsp3) is 0. The first-order valence-corrected chi connectivity index (χ1v) is 7.32. The van der Waals surface area contributed by atoms with Crippen LogP contribution in [0.2, 0.25) is 10.0 Å². The molecule has 1 aromatic carbocycles. The van der Waals surface area contributed by atoms with E-state index in [2.05, 4.69) is 9.71 Å². The summed E-state index contributed by atoms with van der Waals surface area (Å²) in [6.07, 6.45) is 1.16. The lowest BCUT2D eigenvalue weighted by Gasteiger charge is -2.10. The third kappa shape index (κ3) is 3.09. The van der Waals surface area contributed by atoms with Crippen molar-refractivity contribution in [2.24, 2.45) is 0 Å². The minimum Gasteiger partial charge on any atom is -0.384 e. The zero-order valence-electron chi connectivity index (χ0n) is 9.47. The number of rotatable bonds is 3. The van der Waals surface area contributed by atoms with Gasteiger partial charge < -0.3 is 5.73 Å². The fourth-order valence-corrected chi connectivity index (χ4v) is 2.76. The van der Waals surface area contributed by atoms with E-state index < -0.39 is 10.0 Å². The molecular weight excluding hydrogens is 309 g/mol. The average Bonchev–Trinajstić information content (AvgIpc) is 2.35. The molecule has 0 saturated heterocycles. The smallest absolute Gasteiger partial charge is 0.263 e. The Morgan fingerprint density at radius 1 is 1.16 bits per heavy atom. The van der Waals surface area contributed by atoms with E-state index in [0.29, 0.717) is 0 Å². The summed E-state index contributed by atoms with van der Waals surface area (Å²) in [5.74, 6) is 0.236. The van der Waals surface area contributed by atoms with Gasteiger partial charge in [0.2, 0.25) is 0 Å². The number of hydrogen-bond donors (Lipinski definition) is 2. The molecule has 19 heavy (non-hydrogen) atoms. The Bertz CT molecular complexity index is 702. The van der Waals surface area contributed by atoms with Gasteiger partial charge in [-0.05, 0) is 24.3 Å². The van der Waals surface area contributed by atoms with Crippen molar-refractivity contribution in [3.63, 3.8) is 0 Å². The lowest BCUT2D eigenvalue weighted by Crippen LogP contribution is -2.13. The van der Waals surface area contributed by atoms with E-state index in [9.17, 15) is 8.42 Å². The minimum absolute atomic E-state index is 0.0160. The van der Waals surface area contributed by atoms with Gasteiger partial charge in [-0.25, -0.2) is 13.4 Å². The van der Waals surface area contributed by atoms with Gasteiger partial charge in [-0.2, -0.15) is 0 Å². The van der Waals surface area contributed by atoms with Crippen molar-refractivity contribution in [3.05, 3.63) is 46.6 Å². The highest BCUT2D eigenvalue weighted by atomic mass is 35.5. The number of nitrogens with two attached hydrogens (primary N) is 1. The molecule has 0 aliphatic heterocycles. The molecule has 1 aromatic heterocycles. The third-order valence-electron chi connectivity index (χ3n) is 2.27. The van der Waals surface area contributed by atoms with Crippen LogP contribution < -0.4 is 10.5 Å². The van der Waals surface area contributed by atoms with Gasteiger partial charge in [-0.3, -0.25) is 4.72 Å². The maximum atomic E-state index is 12.1. The molecule has 0 aliphatic rings. The van der Waals surface area contributed by atoms with Gasteiger partial charge in [-0.15, -0.1) is 0 Å². The van der Waals surface area contributed by atoms with Gasteiger partial charge in [0.05, 0.1) is 15.7 Å². The maximum Gasteiger partial charge on any atom is 0.263 e. The van der Waals surface area contributed by atoms with Crippen LogP contribution in [-0.4, -0.2) is 13.4 Å². The Balaban J connectivity index is 2.36. The summed E-state index contributed by atoms with van der Waals surface area (Å²) in [6, 6.07) is 7.41. The van der Waals surface area contributed by atoms with E-state index in [4.69, 9.17) is 28.9 Å². The second-order valence-electron chi connectivity index (χ2n) is 3.63. The van der Waals surface area contributed by atoms with Crippen molar-refractivity contribution in [1.82, 2.24) is 4.98 Å². The summed E-state index contributed by atoms with van der Waals surface area (Å²) in [6.45, 7) is 0. The number of sulfonamides is 1. The normalized spacial score (nSPS) is 11.3. The molecule has 3 N–H and O–H groups in total. The van der Waals surface area contributed by atoms with E-state index in [1.165, 1.54) is 18.2 Å². The Morgan fingerprint density at radius 2 is 1.89 bits per heavy atom. The second kappa shape index (κ2) is 5.24. The van der Waals surface area contributed by atoms with Crippen LogP contribution in [0, 0.1) is 0 Å². The summed E-state index contributed by atoms with van der Waals surface area (Å²) in [5.41, 5.74) is 5.60. The number of hydrogen-bond acceptors (Lipinski definition) is 4. The predicted octanol–water partition coefficient (Wildman–Crippen LogP) is 2.77. The second-order valence-corrected chi connectivity index (χ2v) is 6.09. The van der Waals surface area contributed by atoms with Crippen molar-refractivity contribution < 1.29 is 8.42 Å². The molecule has 1 heterocycles. The number of aromatic nitrogens is 1. The summed E-state index contributed by atoms with van der Waals surface area (Å²) in [4.78, 5) is 3.71. The molecule has 0 radical (unpaired) electrons. The molecule has 0 aliphatic carbocycles. The highest BCUT2D eigenvalue weighted by Gasteiger charge is 2.16. The van der Waals surface area contributed by atoms with Crippen LogP contribution in [0.15, 0.2) is 41.4 Å². The number of nitrogen functional groups attached to an aromatic ring is 1. The molecule has 0 saturated carbocycles. The van der Waals surface area contributed by atoms with E-state index in [1.54, 1.807) is 12.1 Å². The zero-order chi connectivity index (χ0) is 14.0. The van der Waals surface area contributed by atoms with Gasteiger partial charge in [0.1, 0.15) is 10.7 Å². The summed E-state index contributed by atoms with van der Waals surface area (Å²) < 4.78 is 26.5. The largest absolute Gasteiger partial charge is 0.384 e. The van der Waals surface area contributed by atoms with Gasteiger partial charge in [0.15, 0.2) is 0 Å². The summed E-state index contributed by atoms with van der Waals surface area (Å²) in [5, 5.41) is 0.397. The number of nitrogens with one attached hydrogen (secondary N) is 1. The van der Waals surface area contributed by atoms with Gasteiger partial charge in [-0.1, -0.05) is 29.3 Å². The van der Waals surface area contributed by atoms with E-state index >= 15 is 0 Å². The van der Waals surface area contributed by atoms with Crippen LogP contribution >= 0.6 is 23.2 Å². The Hall–Kier alpha value is -1.50. The first-order chi connectivity index (χ1) is 8.90. The van der Waals surface area contributed by atoms with Gasteiger partial charge in [0, 0.05) is 6.20 Å². The predicted molar refractivity (Wildman–Crippen MR) is 75.9 cm³/mol. The SMILES string of the molecule is Nc1ccc(S(=O)(=O)Nc2cccc(Cl)c2Cl)cn1. The molecule has 0 bridgehead atoms. The van der Waals surface area contributed by atoms with Crippen molar-refractivity contribution in [2.45, 2.75) is 4.90 Å². The van der Waals surface area contributed by atoms with Crippen LogP contribution in [0.4, 0.5) is 11.5 Å². The number of halogens is 2. The molecule has 2 aromatic rings. The van der Waals surface area contributed by atoms with Crippen molar-refractivity contribution in [1.29, 1.82) is 0 Å². The lowest BCUT2D eigenvalue weighted by molar-refractivity contribution is 0.601. The van der Waals surface area contributed by atoms with Gasteiger partial charge in [0.25, 0.3) is 10.0 Å². The molecule has 100 valence electrons. The zero-order valence-corrected chi connectivity index (χ0v) is 11.8. The number of pyridine rings is 1. The van der Waals surface area contributed by atoms with Crippen LogP contribution in [0.25, 0.3) is 0 Å². The lowest BCUT2D eigenvalue weighted by atomic mass is 10.3. The molecule has 8 heteroatoms. The average molecular weight is 318 g/mol. The Morgan fingerprint density at radius 3 is 2.53 bits per heavy atom. The molecule has 0 unspecified atom stereocenters. The van der Waals surface area contributed by atoms with E-state index in [1.807, 2.05) is 0 Å². The monoisotopic (exact) mass is 317 g/mol. The minimum atomic E-state index is -3.78. The highest BCUT2D eigenvalue weighted by molar-refractivity contribution is 7.92. The molecule has 5 nitrogen and oxygen atoms in total. The molecule has 0 amide bonds. The van der Waals surface area contributed by atoms with Crippen molar-refractivity contribution >= 4 is 44.7 Å². The topological polar surface area (TPSA) is 85.1 Å². The van der Waals surface area contributed by atoms with Crippen LogP contribution in [-0.2, 0) is 10.0 Å². The fourth-order valence-electron chi connectivity index (χ4n) is 1.34. The molecule has 0 fully saturated rings.